The number of nitrogens with one attached hydrogen (secondary N) is 1. The Morgan fingerprint density at radius 1 is 1.58 bits per heavy atom. The molecule has 1 aliphatic rings. The Balaban J connectivity index is 2.27. The molecule has 1 fully saturated rings. The second kappa shape index (κ2) is 4.21. The Morgan fingerprint density at radius 2 is 2.33 bits per heavy atom. The van der Waals surface area contributed by atoms with Crippen molar-refractivity contribution in [3.05, 3.63) is 0 Å². The zero-order valence-corrected chi connectivity index (χ0v) is 8.22. The van der Waals surface area contributed by atoms with E-state index in [1.54, 1.807) is 0 Å². The second-order valence-corrected chi connectivity index (χ2v) is 3.89. The predicted octanol–water partition coefficient (Wildman–Crippen LogP) is 0.790. The first kappa shape index (κ1) is 9.96. The van der Waals surface area contributed by atoms with Gasteiger partial charge in [-0.1, -0.05) is 0 Å². The Morgan fingerprint density at radius 3 is 2.83 bits per heavy atom. The first-order valence-electron chi connectivity index (χ1n) is 4.54. The van der Waals surface area contributed by atoms with Crippen molar-refractivity contribution >= 4 is 0 Å². The Labute approximate surface area is 74.4 Å². The van der Waals surface area contributed by atoms with E-state index in [1.165, 1.54) is 0 Å². The smallest absolute Gasteiger partial charge is 0.0838 e. The molecule has 1 atom stereocenters. The number of hydrogen-bond acceptors (Lipinski definition) is 3. The van der Waals surface area contributed by atoms with Gasteiger partial charge in [-0.3, -0.25) is 0 Å². The second-order valence-electron chi connectivity index (χ2n) is 3.89. The highest BCUT2D eigenvalue weighted by molar-refractivity contribution is 4.75. The summed E-state index contributed by atoms with van der Waals surface area (Å²) in [5.74, 6) is 0. The van der Waals surface area contributed by atoms with Crippen LogP contribution in [0, 0.1) is 0 Å². The van der Waals surface area contributed by atoms with E-state index in [1.807, 2.05) is 7.05 Å². The lowest BCUT2D eigenvalue weighted by atomic mass is 10.1. The average Bonchev–Trinajstić information content (AvgIpc) is 2.38. The van der Waals surface area contributed by atoms with E-state index in [2.05, 4.69) is 19.2 Å². The monoisotopic (exact) mass is 173 g/mol. The third-order valence-electron chi connectivity index (χ3n) is 1.98. The molecule has 0 spiro atoms. The van der Waals surface area contributed by atoms with Crippen LogP contribution in [0.25, 0.3) is 0 Å². The van der Waals surface area contributed by atoms with Crippen molar-refractivity contribution in [2.24, 2.45) is 0 Å². The fourth-order valence-electron chi connectivity index (χ4n) is 1.52. The SMILES string of the molecule is CNCC(C)(C)OC1CCOC1. The summed E-state index contributed by atoms with van der Waals surface area (Å²) in [6, 6.07) is 0. The largest absolute Gasteiger partial charge is 0.379 e. The molecule has 1 rings (SSSR count). The van der Waals surface area contributed by atoms with Gasteiger partial charge in [0.1, 0.15) is 0 Å². The topological polar surface area (TPSA) is 30.5 Å². The maximum Gasteiger partial charge on any atom is 0.0838 e. The maximum absolute atomic E-state index is 5.85. The minimum absolute atomic E-state index is 0.0763. The number of ether oxygens (including phenoxy) is 2. The zero-order valence-electron chi connectivity index (χ0n) is 8.22. The molecule has 1 aliphatic heterocycles. The lowest BCUT2D eigenvalue weighted by Crippen LogP contribution is -2.39. The van der Waals surface area contributed by atoms with Crippen molar-refractivity contribution in [3.63, 3.8) is 0 Å². The Bertz CT molecular complexity index is 130. The highest BCUT2D eigenvalue weighted by Crippen LogP contribution is 2.17. The van der Waals surface area contributed by atoms with Gasteiger partial charge < -0.3 is 14.8 Å². The molecule has 1 unspecified atom stereocenters. The summed E-state index contributed by atoms with van der Waals surface area (Å²) in [5, 5.41) is 3.12. The van der Waals surface area contributed by atoms with Gasteiger partial charge >= 0.3 is 0 Å². The van der Waals surface area contributed by atoms with Crippen LogP contribution in [0.2, 0.25) is 0 Å². The molecule has 0 aromatic heterocycles. The van der Waals surface area contributed by atoms with Gasteiger partial charge in [0.15, 0.2) is 0 Å². The average molecular weight is 173 g/mol. The third-order valence-corrected chi connectivity index (χ3v) is 1.98. The summed E-state index contributed by atoms with van der Waals surface area (Å²) in [5.41, 5.74) is -0.0763. The summed E-state index contributed by atoms with van der Waals surface area (Å²) in [6.45, 7) is 6.68. The van der Waals surface area contributed by atoms with Crippen LogP contribution in [0.5, 0.6) is 0 Å². The molecule has 3 nitrogen and oxygen atoms in total. The molecule has 1 heterocycles. The summed E-state index contributed by atoms with van der Waals surface area (Å²) < 4.78 is 11.1. The molecule has 0 saturated carbocycles. The zero-order chi connectivity index (χ0) is 9.03. The summed E-state index contributed by atoms with van der Waals surface area (Å²) in [6.07, 6.45) is 1.33. The summed E-state index contributed by atoms with van der Waals surface area (Å²) >= 11 is 0. The number of hydrogen-bond donors (Lipinski definition) is 1. The van der Waals surface area contributed by atoms with Gasteiger partial charge in [-0.05, 0) is 27.3 Å². The highest BCUT2D eigenvalue weighted by Gasteiger charge is 2.25. The van der Waals surface area contributed by atoms with Crippen molar-refractivity contribution in [2.75, 3.05) is 26.8 Å². The van der Waals surface area contributed by atoms with Crippen LogP contribution in [0.3, 0.4) is 0 Å². The maximum atomic E-state index is 5.85. The van der Waals surface area contributed by atoms with Crippen molar-refractivity contribution in [2.45, 2.75) is 32.0 Å². The van der Waals surface area contributed by atoms with Gasteiger partial charge in [0.25, 0.3) is 0 Å². The molecule has 0 amide bonds. The molecule has 1 saturated heterocycles. The predicted molar refractivity (Wildman–Crippen MR) is 48.3 cm³/mol. The van der Waals surface area contributed by atoms with Crippen LogP contribution >= 0.6 is 0 Å². The van der Waals surface area contributed by atoms with Crippen molar-refractivity contribution in [1.29, 1.82) is 0 Å². The molecule has 3 heteroatoms. The number of likely N-dealkylation sites (N-methyl/N-ethyl adjacent to an activating group) is 1. The van der Waals surface area contributed by atoms with Gasteiger partial charge in [0.2, 0.25) is 0 Å². The van der Waals surface area contributed by atoms with Crippen LogP contribution in [-0.2, 0) is 9.47 Å². The van der Waals surface area contributed by atoms with Gasteiger partial charge in [-0.25, -0.2) is 0 Å². The fraction of sp³-hybridized carbons (Fsp3) is 1.00. The molecule has 72 valence electrons. The molecule has 1 N–H and O–H groups in total. The van der Waals surface area contributed by atoms with E-state index in [4.69, 9.17) is 9.47 Å². The van der Waals surface area contributed by atoms with Crippen LogP contribution < -0.4 is 5.32 Å². The molecule has 12 heavy (non-hydrogen) atoms. The van der Waals surface area contributed by atoms with E-state index in [0.717, 1.165) is 26.2 Å². The van der Waals surface area contributed by atoms with Crippen LogP contribution in [0.15, 0.2) is 0 Å². The molecule has 0 bridgehead atoms. The molecule has 0 radical (unpaired) electrons. The van der Waals surface area contributed by atoms with Crippen molar-refractivity contribution in [1.82, 2.24) is 5.32 Å². The fourth-order valence-corrected chi connectivity index (χ4v) is 1.52. The molecular weight excluding hydrogens is 154 g/mol. The first-order valence-corrected chi connectivity index (χ1v) is 4.54. The van der Waals surface area contributed by atoms with E-state index < -0.39 is 0 Å². The Hall–Kier alpha value is -0.120. The van der Waals surface area contributed by atoms with Crippen LogP contribution in [0.1, 0.15) is 20.3 Å². The minimum Gasteiger partial charge on any atom is -0.379 e. The van der Waals surface area contributed by atoms with Crippen LogP contribution in [-0.4, -0.2) is 38.5 Å². The normalized spacial score (nSPS) is 24.8. The van der Waals surface area contributed by atoms with E-state index >= 15 is 0 Å². The standard InChI is InChI=1S/C9H19NO2/c1-9(2,7-10-3)12-8-4-5-11-6-8/h8,10H,4-7H2,1-3H3. The van der Waals surface area contributed by atoms with E-state index in [0.29, 0.717) is 6.10 Å². The molecular formula is C9H19NO2. The van der Waals surface area contributed by atoms with Crippen LogP contribution in [0.4, 0.5) is 0 Å². The summed E-state index contributed by atoms with van der Waals surface area (Å²) in [4.78, 5) is 0. The molecule has 0 aliphatic carbocycles. The lowest BCUT2D eigenvalue weighted by Gasteiger charge is -2.28. The van der Waals surface area contributed by atoms with Gasteiger partial charge in [-0.2, -0.15) is 0 Å². The molecule has 0 aromatic rings. The highest BCUT2D eigenvalue weighted by atomic mass is 16.6. The van der Waals surface area contributed by atoms with Crippen molar-refractivity contribution < 1.29 is 9.47 Å². The minimum atomic E-state index is -0.0763. The lowest BCUT2D eigenvalue weighted by molar-refractivity contribution is -0.0695. The van der Waals surface area contributed by atoms with Gasteiger partial charge in [0.05, 0.1) is 18.3 Å². The summed E-state index contributed by atoms with van der Waals surface area (Å²) in [7, 11) is 1.94. The third kappa shape index (κ3) is 3.09. The van der Waals surface area contributed by atoms with E-state index in [-0.39, 0.29) is 5.60 Å². The molecule has 0 aromatic carbocycles. The Kier molecular flexibility index (Phi) is 3.50. The quantitative estimate of drug-likeness (QED) is 0.682. The van der Waals surface area contributed by atoms with Gasteiger partial charge in [0, 0.05) is 13.2 Å². The van der Waals surface area contributed by atoms with E-state index in [9.17, 15) is 0 Å². The van der Waals surface area contributed by atoms with Crippen molar-refractivity contribution in [3.8, 4) is 0 Å². The number of rotatable bonds is 4. The first-order chi connectivity index (χ1) is 5.64. The van der Waals surface area contributed by atoms with Gasteiger partial charge in [-0.15, -0.1) is 0 Å².